The van der Waals surface area contributed by atoms with E-state index >= 15 is 0 Å². The van der Waals surface area contributed by atoms with Crippen LogP contribution in [0.2, 0.25) is 0 Å². The van der Waals surface area contributed by atoms with E-state index in [1.807, 2.05) is 0 Å². The van der Waals surface area contributed by atoms with Crippen molar-refractivity contribution in [2.24, 2.45) is 0 Å². The maximum Gasteiger partial charge on any atom is 0.0677 e. The van der Waals surface area contributed by atoms with E-state index in [1.165, 1.54) is 5.57 Å². The Bertz CT molecular complexity index is 212. The normalized spacial score (nSPS) is 17.7. The van der Waals surface area contributed by atoms with Gasteiger partial charge in [-0.05, 0) is 38.8 Å². The molecular formula is C12H23NO2. The molecule has 0 amide bonds. The second-order valence-electron chi connectivity index (χ2n) is 4.58. The van der Waals surface area contributed by atoms with Crippen LogP contribution in [-0.2, 0) is 9.47 Å². The van der Waals surface area contributed by atoms with Crippen LogP contribution in [0, 0.1) is 0 Å². The van der Waals surface area contributed by atoms with E-state index in [2.05, 4.69) is 25.2 Å². The summed E-state index contributed by atoms with van der Waals surface area (Å²) in [6.45, 7) is 7.79. The van der Waals surface area contributed by atoms with E-state index in [-0.39, 0.29) is 5.60 Å². The summed E-state index contributed by atoms with van der Waals surface area (Å²) >= 11 is 0. The molecule has 0 aliphatic carbocycles. The van der Waals surface area contributed by atoms with Crippen molar-refractivity contribution >= 4 is 0 Å². The number of rotatable bonds is 6. The molecule has 0 aromatic carbocycles. The van der Waals surface area contributed by atoms with Gasteiger partial charge in [0.25, 0.3) is 0 Å². The first-order valence-corrected chi connectivity index (χ1v) is 5.65. The molecule has 0 saturated carbocycles. The summed E-state index contributed by atoms with van der Waals surface area (Å²) in [5.41, 5.74) is 1.35. The summed E-state index contributed by atoms with van der Waals surface area (Å²) in [6.07, 6.45) is 4.29. The standard InChI is InChI=1S/C12H23NO2/c1-12(2,14-3)6-9-15-10-11-4-7-13-8-5-11/h4,13H,5-10H2,1-3H3. The average Bonchev–Trinajstić information content (AvgIpc) is 2.26. The quantitative estimate of drug-likeness (QED) is 0.538. The third-order valence-corrected chi connectivity index (χ3v) is 2.85. The monoisotopic (exact) mass is 213 g/mol. The van der Waals surface area contributed by atoms with E-state index in [9.17, 15) is 0 Å². The lowest BCUT2D eigenvalue weighted by atomic mass is 10.1. The van der Waals surface area contributed by atoms with Crippen LogP contribution in [0.15, 0.2) is 11.6 Å². The van der Waals surface area contributed by atoms with Gasteiger partial charge in [0.2, 0.25) is 0 Å². The molecule has 3 heteroatoms. The maximum atomic E-state index is 5.63. The highest BCUT2D eigenvalue weighted by atomic mass is 16.5. The van der Waals surface area contributed by atoms with Crippen molar-refractivity contribution < 1.29 is 9.47 Å². The molecule has 0 unspecified atom stereocenters. The van der Waals surface area contributed by atoms with Crippen molar-refractivity contribution in [1.82, 2.24) is 5.32 Å². The van der Waals surface area contributed by atoms with Gasteiger partial charge in [-0.15, -0.1) is 0 Å². The summed E-state index contributed by atoms with van der Waals surface area (Å²) in [5.74, 6) is 0. The molecule has 1 aliphatic heterocycles. The van der Waals surface area contributed by atoms with Gasteiger partial charge in [-0.1, -0.05) is 6.08 Å². The predicted molar refractivity (Wildman–Crippen MR) is 62.1 cm³/mol. The minimum atomic E-state index is -0.0670. The molecule has 0 radical (unpaired) electrons. The van der Waals surface area contributed by atoms with Gasteiger partial charge < -0.3 is 14.8 Å². The second-order valence-corrected chi connectivity index (χ2v) is 4.58. The van der Waals surface area contributed by atoms with Crippen molar-refractivity contribution in [2.75, 3.05) is 33.4 Å². The van der Waals surface area contributed by atoms with Crippen molar-refractivity contribution in [2.45, 2.75) is 32.3 Å². The summed E-state index contributed by atoms with van der Waals surface area (Å²) in [5, 5.41) is 3.29. The molecule has 0 bridgehead atoms. The van der Waals surface area contributed by atoms with Crippen molar-refractivity contribution in [1.29, 1.82) is 0 Å². The van der Waals surface area contributed by atoms with E-state index in [0.717, 1.165) is 39.1 Å². The Kier molecular flexibility index (Phi) is 5.29. The van der Waals surface area contributed by atoms with E-state index < -0.39 is 0 Å². The number of ether oxygens (including phenoxy) is 2. The third-order valence-electron chi connectivity index (χ3n) is 2.85. The predicted octanol–water partition coefficient (Wildman–Crippen LogP) is 1.74. The minimum Gasteiger partial charge on any atom is -0.379 e. The topological polar surface area (TPSA) is 30.5 Å². The first-order chi connectivity index (χ1) is 7.14. The largest absolute Gasteiger partial charge is 0.379 e. The fraction of sp³-hybridized carbons (Fsp3) is 0.833. The maximum absolute atomic E-state index is 5.63. The van der Waals surface area contributed by atoms with Crippen molar-refractivity contribution in [3.63, 3.8) is 0 Å². The molecular weight excluding hydrogens is 190 g/mol. The summed E-state index contributed by atoms with van der Waals surface area (Å²) in [6, 6.07) is 0. The lowest BCUT2D eigenvalue weighted by Crippen LogP contribution is -2.25. The molecule has 0 aromatic rings. The molecule has 0 saturated heterocycles. The van der Waals surface area contributed by atoms with Gasteiger partial charge in [0.15, 0.2) is 0 Å². The van der Waals surface area contributed by atoms with Crippen molar-refractivity contribution in [3.05, 3.63) is 11.6 Å². The Morgan fingerprint density at radius 3 is 2.87 bits per heavy atom. The van der Waals surface area contributed by atoms with Gasteiger partial charge in [0.1, 0.15) is 0 Å². The molecule has 1 N–H and O–H groups in total. The zero-order chi connectivity index (χ0) is 11.1. The highest BCUT2D eigenvalue weighted by Crippen LogP contribution is 2.13. The van der Waals surface area contributed by atoms with Crippen LogP contribution >= 0.6 is 0 Å². The average molecular weight is 213 g/mol. The number of hydrogen-bond donors (Lipinski definition) is 1. The van der Waals surface area contributed by atoms with Gasteiger partial charge in [-0.25, -0.2) is 0 Å². The lowest BCUT2D eigenvalue weighted by molar-refractivity contribution is -0.00739. The summed E-state index contributed by atoms with van der Waals surface area (Å²) < 4.78 is 11.0. The Morgan fingerprint density at radius 1 is 1.47 bits per heavy atom. The van der Waals surface area contributed by atoms with Gasteiger partial charge in [-0.3, -0.25) is 0 Å². The number of hydrogen-bond acceptors (Lipinski definition) is 3. The molecule has 0 atom stereocenters. The molecule has 1 heterocycles. The minimum absolute atomic E-state index is 0.0670. The smallest absolute Gasteiger partial charge is 0.0677 e. The molecule has 3 nitrogen and oxygen atoms in total. The lowest BCUT2D eigenvalue weighted by Gasteiger charge is -2.23. The Labute approximate surface area is 92.8 Å². The Morgan fingerprint density at radius 2 is 2.27 bits per heavy atom. The van der Waals surface area contributed by atoms with Crippen molar-refractivity contribution in [3.8, 4) is 0 Å². The zero-order valence-electron chi connectivity index (χ0n) is 10.1. The van der Waals surface area contributed by atoms with Crippen LogP contribution in [0.4, 0.5) is 0 Å². The molecule has 1 aliphatic rings. The highest BCUT2D eigenvalue weighted by Gasteiger charge is 2.15. The Hall–Kier alpha value is -0.380. The van der Waals surface area contributed by atoms with Crippen LogP contribution in [0.5, 0.6) is 0 Å². The third kappa shape index (κ3) is 5.30. The first-order valence-electron chi connectivity index (χ1n) is 5.65. The molecule has 1 rings (SSSR count). The Balaban J connectivity index is 2.08. The molecule has 0 fully saturated rings. The van der Waals surface area contributed by atoms with Gasteiger partial charge in [0, 0.05) is 20.3 Å². The van der Waals surface area contributed by atoms with Gasteiger partial charge in [-0.2, -0.15) is 0 Å². The fourth-order valence-corrected chi connectivity index (χ4v) is 1.42. The SMILES string of the molecule is COC(C)(C)CCOCC1=CCNCC1. The number of methoxy groups -OCH3 is 1. The molecule has 88 valence electrons. The fourth-order valence-electron chi connectivity index (χ4n) is 1.42. The van der Waals surface area contributed by atoms with Gasteiger partial charge in [0.05, 0.1) is 12.2 Å². The van der Waals surface area contributed by atoms with Gasteiger partial charge >= 0.3 is 0 Å². The van der Waals surface area contributed by atoms with Crippen LogP contribution in [0.25, 0.3) is 0 Å². The first kappa shape index (κ1) is 12.7. The molecule has 15 heavy (non-hydrogen) atoms. The molecule has 0 aromatic heterocycles. The van der Waals surface area contributed by atoms with E-state index in [0.29, 0.717) is 0 Å². The molecule has 0 spiro atoms. The van der Waals surface area contributed by atoms with Crippen LogP contribution in [0.3, 0.4) is 0 Å². The zero-order valence-corrected chi connectivity index (χ0v) is 10.1. The van der Waals surface area contributed by atoms with Crippen LogP contribution < -0.4 is 5.32 Å². The highest BCUT2D eigenvalue weighted by molar-refractivity contribution is 5.06. The van der Waals surface area contributed by atoms with Crippen LogP contribution in [-0.4, -0.2) is 39.0 Å². The van der Waals surface area contributed by atoms with E-state index in [1.54, 1.807) is 7.11 Å². The van der Waals surface area contributed by atoms with E-state index in [4.69, 9.17) is 9.47 Å². The summed E-state index contributed by atoms with van der Waals surface area (Å²) in [4.78, 5) is 0. The van der Waals surface area contributed by atoms with Crippen LogP contribution in [0.1, 0.15) is 26.7 Å². The summed E-state index contributed by atoms with van der Waals surface area (Å²) in [7, 11) is 1.75. The second kappa shape index (κ2) is 6.26. The number of nitrogens with one attached hydrogen (secondary N) is 1.